The Morgan fingerprint density at radius 3 is 2.61 bits per heavy atom. The van der Waals surface area contributed by atoms with Crippen LogP contribution in [0.1, 0.15) is 17.3 Å². The van der Waals surface area contributed by atoms with E-state index in [-0.39, 0.29) is 18.1 Å². The highest BCUT2D eigenvalue weighted by Gasteiger charge is 2.09. The van der Waals surface area contributed by atoms with E-state index >= 15 is 0 Å². The number of methoxy groups -OCH3 is 1. The average Bonchev–Trinajstić information content (AvgIpc) is 2.38. The van der Waals surface area contributed by atoms with Crippen molar-refractivity contribution in [2.45, 2.75) is 6.92 Å². The number of rotatable bonds is 7. The monoisotopic (exact) mass is 272 g/mol. The predicted octanol–water partition coefficient (Wildman–Crippen LogP) is 1.32. The van der Waals surface area contributed by atoms with E-state index in [1.807, 2.05) is 0 Å². The first kappa shape index (κ1) is 14.5. The van der Waals surface area contributed by atoms with Gasteiger partial charge >= 0.3 is 0 Å². The van der Waals surface area contributed by atoms with Crippen LogP contribution in [0.25, 0.3) is 0 Å². The maximum atomic E-state index is 11.3. The van der Waals surface area contributed by atoms with E-state index in [9.17, 15) is 13.2 Å². The SMILES string of the molecule is CCS(=O)(=O)CCOc1cc(OC)ccc1C=O. The minimum Gasteiger partial charge on any atom is -0.497 e. The van der Waals surface area contributed by atoms with Gasteiger partial charge in [-0.1, -0.05) is 6.92 Å². The molecule has 0 amide bonds. The molecule has 0 N–H and O–H groups in total. The molecule has 0 aliphatic heterocycles. The minimum absolute atomic E-state index is 0.0180. The van der Waals surface area contributed by atoms with Crippen molar-refractivity contribution in [2.24, 2.45) is 0 Å². The Balaban J connectivity index is 2.74. The Labute approximate surface area is 107 Å². The number of sulfone groups is 1. The normalized spacial score (nSPS) is 11.0. The van der Waals surface area contributed by atoms with Gasteiger partial charge in [0.15, 0.2) is 16.1 Å². The third kappa shape index (κ3) is 4.03. The van der Waals surface area contributed by atoms with Gasteiger partial charge in [0, 0.05) is 11.8 Å². The van der Waals surface area contributed by atoms with Gasteiger partial charge in [0.25, 0.3) is 0 Å². The summed E-state index contributed by atoms with van der Waals surface area (Å²) in [5.41, 5.74) is 0.365. The van der Waals surface area contributed by atoms with Crippen LogP contribution < -0.4 is 9.47 Å². The smallest absolute Gasteiger partial charge is 0.153 e. The molecule has 18 heavy (non-hydrogen) atoms. The van der Waals surface area contributed by atoms with Gasteiger partial charge in [-0.25, -0.2) is 8.42 Å². The van der Waals surface area contributed by atoms with Crippen LogP contribution in [0.5, 0.6) is 11.5 Å². The molecule has 0 aliphatic carbocycles. The van der Waals surface area contributed by atoms with Crippen molar-refractivity contribution in [3.05, 3.63) is 23.8 Å². The molecule has 6 heteroatoms. The van der Waals surface area contributed by atoms with E-state index < -0.39 is 9.84 Å². The van der Waals surface area contributed by atoms with Gasteiger partial charge in [-0.2, -0.15) is 0 Å². The van der Waals surface area contributed by atoms with Gasteiger partial charge in [0.05, 0.1) is 18.4 Å². The van der Waals surface area contributed by atoms with Crippen molar-refractivity contribution in [1.82, 2.24) is 0 Å². The number of benzene rings is 1. The molecule has 0 saturated heterocycles. The summed E-state index contributed by atoms with van der Waals surface area (Å²) in [5.74, 6) is 0.887. The number of carbonyl (C=O) groups excluding carboxylic acids is 1. The van der Waals surface area contributed by atoms with Crippen molar-refractivity contribution in [1.29, 1.82) is 0 Å². The standard InChI is InChI=1S/C12H16O5S/c1-3-18(14,15)7-6-17-12-8-11(16-2)5-4-10(12)9-13/h4-5,8-9H,3,6-7H2,1-2H3. The van der Waals surface area contributed by atoms with Crippen molar-refractivity contribution in [2.75, 3.05) is 25.2 Å². The van der Waals surface area contributed by atoms with Crippen LogP contribution in [-0.4, -0.2) is 39.9 Å². The molecule has 0 saturated carbocycles. The molecule has 1 rings (SSSR count). The lowest BCUT2D eigenvalue weighted by Gasteiger charge is -2.09. The van der Waals surface area contributed by atoms with Crippen LogP contribution in [0.15, 0.2) is 18.2 Å². The molecule has 0 fully saturated rings. The summed E-state index contributed by atoms with van der Waals surface area (Å²) in [5, 5.41) is 0. The van der Waals surface area contributed by atoms with Crippen LogP contribution in [0.4, 0.5) is 0 Å². The lowest BCUT2D eigenvalue weighted by Crippen LogP contribution is -2.16. The first-order valence-corrected chi connectivity index (χ1v) is 7.31. The first-order chi connectivity index (χ1) is 8.52. The Morgan fingerprint density at radius 2 is 2.06 bits per heavy atom. The van der Waals surface area contributed by atoms with Crippen LogP contribution in [0.3, 0.4) is 0 Å². The summed E-state index contributed by atoms with van der Waals surface area (Å²) < 4.78 is 32.9. The van der Waals surface area contributed by atoms with Gasteiger partial charge in [0.2, 0.25) is 0 Å². The molecule has 1 aromatic carbocycles. The minimum atomic E-state index is -3.07. The molecule has 0 atom stereocenters. The zero-order valence-corrected chi connectivity index (χ0v) is 11.2. The van der Waals surface area contributed by atoms with Crippen molar-refractivity contribution in [3.8, 4) is 11.5 Å². The third-order valence-corrected chi connectivity index (χ3v) is 4.11. The van der Waals surface area contributed by atoms with Gasteiger partial charge in [-0.05, 0) is 12.1 Å². The molecule has 0 radical (unpaired) electrons. The fourth-order valence-electron chi connectivity index (χ4n) is 1.29. The maximum absolute atomic E-state index is 11.3. The fourth-order valence-corrected chi connectivity index (χ4v) is 1.91. The molecule has 0 bridgehead atoms. The highest BCUT2D eigenvalue weighted by Crippen LogP contribution is 2.23. The number of aldehydes is 1. The van der Waals surface area contributed by atoms with E-state index in [2.05, 4.69) is 0 Å². The summed E-state index contributed by atoms with van der Waals surface area (Å²) in [6.45, 7) is 1.60. The fraction of sp³-hybridized carbons (Fsp3) is 0.417. The summed E-state index contributed by atoms with van der Waals surface area (Å²) in [6.07, 6.45) is 0.656. The van der Waals surface area contributed by atoms with Crippen LogP contribution in [-0.2, 0) is 9.84 Å². The highest BCUT2D eigenvalue weighted by atomic mass is 32.2. The topological polar surface area (TPSA) is 69.7 Å². The van der Waals surface area contributed by atoms with Gasteiger partial charge in [-0.15, -0.1) is 0 Å². The molecule has 0 aliphatic rings. The van der Waals surface area contributed by atoms with E-state index in [1.54, 1.807) is 25.1 Å². The molecule has 0 spiro atoms. The Kier molecular flexibility index (Phi) is 5.15. The molecule has 0 unspecified atom stereocenters. The summed E-state index contributed by atoms with van der Waals surface area (Å²) >= 11 is 0. The summed E-state index contributed by atoms with van der Waals surface area (Å²) in [7, 11) is -1.57. The molecular formula is C12H16O5S. The van der Waals surface area contributed by atoms with Crippen LogP contribution in [0, 0.1) is 0 Å². The van der Waals surface area contributed by atoms with E-state index in [4.69, 9.17) is 9.47 Å². The van der Waals surface area contributed by atoms with Crippen molar-refractivity contribution >= 4 is 16.1 Å². The summed E-state index contributed by atoms with van der Waals surface area (Å²) in [4.78, 5) is 10.8. The number of carbonyl (C=O) groups is 1. The lowest BCUT2D eigenvalue weighted by molar-refractivity contribution is 0.112. The van der Waals surface area contributed by atoms with E-state index in [0.717, 1.165) is 0 Å². The van der Waals surface area contributed by atoms with Crippen LogP contribution >= 0.6 is 0 Å². The van der Waals surface area contributed by atoms with Gasteiger partial charge < -0.3 is 9.47 Å². The molecule has 0 aromatic heterocycles. The molecule has 1 aromatic rings. The van der Waals surface area contributed by atoms with Crippen LogP contribution in [0.2, 0.25) is 0 Å². The van der Waals surface area contributed by atoms with E-state index in [1.165, 1.54) is 7.11 Å². The second-order valence-corrected chi connectivity index (χ2v) is 6.08. The third-order valence-electron chi connectivity index (χ3n) is 2.44. The second kappa shape index (κ2) is 6.39. The zero-order valence-electron chi connectivity index (χ0n) is 10.4. The lowest BCUT2D eigenvalue weighted by atomic mass is 10.2. The molecule has 5 nitrogen and oxygen atoms in total. The molecule has 0 heterocycles. The number of hydrogen-bond donors (Lipinski definition) is 0. The quantitative estimate of drug-likeness (QED) is 0.700. The van der Waals surface area contributed by atoms with Crippen molar-refractivity contribution in [3.63, 3.8) is 0 Å². The van der Waals surface area contributed by atoms with Crippen molar-refractivity contribution < 1.29 is 22.7 Å². The average molecular weight is 272 g/mol. The second-order valence-electron chi connectivity index (χ2n) is 3.61. The highest BCUT2D eigenvalue weighted by molar-refractivity contribution is 7.91. The first-order valence-electron chi connectivity index (χ1n) is 5.49. The Bertz CT molecular complexity index is 507. The number of ether oxygens (including phenoxy) is 2. The number of hydrogen-bond acceptors (Lipinski definition) is 5. The largest absolute Gasteiger partial charge is 0.497 e. The molecular weight excluding hydrogens is 256 g/mol. The molecule has 100 valence electrons. The Hall–Kier alpha value is -1.56. The van der Waals surface area contributed by atoms with Gasteiger partial charge in [0.1, 0.15) is 18.1 Å². The van der Waals surface area contributed by atoms with Gasteiger partial charge in [-0.3, -0.25) is 4.79 Å². The zero-order chi connectivity index (χ0) is 13.6. The maximum Gasteiger partial charge on any atom is 0.153 e. The summed E-state index contributed by atoms with van der Waals surface area (Å²) in [6, 6.07) is 4.76. The Morgan fingerprint density at radius 1 is 1.33 bits per heavy atom. The predicted molar refractivity (Wildman–Crippen MR) is 68.2 cm³/mol. The van der Waals surface area contributed by atoms with E-state index in [0.29, 0.717) is 23.3 Å².